The number of hydrogen-bond donors (Lipinski definition) is 1. The zero-order chi connectivity index (χ0) is 22.9. The summed E-state index contributed by atoms with van der Waals surface area (Å²) in [6, 6.07) is 20.4. The van der Waals surface area contributed by atoms with E-state index in [1.165, 1.54) is 18.2 Å². The Balaban J connectivity index is 1.81. The van der Waals surface area contributed by atoms with Crippen LogP contribution in [0.2, 0.25) is 0 Å². The highest BCUT2D eigenvalue weighted by Crippen LogP contribution is 2.45. The molecule has 4 aromatic rings. The van der Waals surface area contributed by atoms with E-state index in [2.05, 4.69) is 4.98 Å². The van der Waals surface area contributed by atoms with Crippen LogP contribution in [0, 0.1) is 0 Å². The maximum absolute atomic E-state index is 14.0. The van der Waals surface area contributed by atoms with E-state index in [9.17, 15) is 26.1 Å². The molecule has 32 heavy (non-hydrogen) atoms. The molecule has 5 nitrogen and oxygen atoms in total. The number of benzene rings is 3. The van der Waals surface area contributed by atoms with Gasteiger partial charge < -0.3 is 4.74 Å². The zero-order valence-corrected chi connectivity index (χ0v) is 17.2. The maximum Gasteiger partial charge on any atom is 0.421 e. The van der Waals surface area contributed by atoms with Crippen LogP contribution in [0.3, 0.4) is 0 Å². The highest BCUT2D eigenvalue weighted by atomic mass is 32.2. The fraction of sp³-hybridized carbons (Fsp3) is 0.0870. The molecule has 0 saturated heterocycles. The Bertz CT molecular complexity index is 1390. The Morgan fingerprint density at radius 2 is 1.56 bits per heavy atom. The minimum absolute atomic E-state index is 0.202. The van der Waals surface area contributed by atoms with E-state index in [4.69, 9.17) is 4.74 Å². The number of pyridine rings is 1. The number of ether oxygens (including phenoxy) is 1. The number of nitrogens with zero attached hydrogens (tertiary/aromatic N) is 1. The maximum atomic E-state index is 14.0. The first-order chi connectivity index (χ1) is 15.1. The Kier molecular flexibility index (Phi) is 5.62. The van der Waals surface area contributed by atoms with Crippen molar-refractivity contribution in [2.45, 2.75) is 17.7 Å². The van der Waals surface area contributed by atoms with Crippen LogP contribution in [0.25, 0.3) is 22.0 Å². The van der Waals surface area contributed by atoms with Crippen molar-refractivity contribution in [2.75, 3.05) is 0 Å². The smallest absolute Gasteiger partial charge is 0.421 e. The summed E-state index contributed by atoms with van der Waals surface area (Å²) in [4.78, 5) is 3.09. The van der Waals surface area contributed by atoms with Crippen molar-refractivity contribution in [3.63, 3.8) is 0 Å². The summed E-state index contributed by atoms with van der Waals surface area (Å²) in [6.07, 6.45) is -5.11. The van der Waals surface area contributed by atoms with Gasteiger partial charge in [0, 0.05) is 10.9 Å². The average molecular weight is 459 g/mol. The van der Waals surface area contributed by atoms with E-state index in [1.54, 1.807) is 42.5 Å². The minimum atomic E-state index is -5.25. The number of fused-ring (bicyclic) bond motifs is 1. The van der Waals surface area contributed by atoms with Gasteiger partial charge in [0.05, 0.1) is 11.2 Å². The molecule has 0 saturated carbocycles. The van der Waals surface area contributed by atoms with E-state index in [0.29, 0.717) is 11.2 Å². The first-order valence-electron chi connectivity index (χ1n) is 9.39. The van der Waals surface area contributed by atoms with Gasteiger partial charge in [0.2, 0.25) is 0 Å². The molecule has 0 aliphatic heterocycles. The van der Waals surface area contributed by atoms with Crippen molar-refractivity contribution in [3.8, 4) is 16.9 Å². The van der Waals surface area contributed by atoms with Crippen molar-refractivity contribution < 1.29 is 30.9 Å². The molecule has 0 fully saturated rings. The Labute approximate surface area is 181 Å². The second kappa shape index (κ2) is 8.25. The molecule has 3 aromatic carbocycles. The summed E-state index contributed by atoms with van der Waals surface area (Å²) >= 11 is 0. The van der Waals surface area contributed by atoms with Crippen LogP contribution in [-0.2, 0) is 22.9 Å². The van der Waals surface area contributed by atoms with Crippen LogP contribution in [-0.4, -0.2) is 18.0 Å². The number of hydrogen-bond acceptors (Lipinski definition) is 4. The van der Waals surface area contributed by atoms with Gasteiger partial charge in [-0.3, -0.25) is 4.55 Å². The monoisotopic (exact) mass is 459 g/mol. The van der Waals surface area contributed by atoms with Gasteiger partial charge in [0.25, 0.3) is 10.1 Å². The number of alkyl halides is 3. The third-order valence-corrected chi connectivity index (χ3v) is 5.72. The summed E-state index contributed by atoms with van der Waals surface area (Å²) < 4.78 is 81.2. The van der Waals surface area contributed by atoms with Gasteiger partial charge in [0.1, 0.15) is 22.8 Å². The topological polar surface area (TPSA) is 76.5 Å². The number of aromatic nitrogens is 1. The minimum Gasteiger partial charge on any atom is -0.487 e. The summed E-state index contributed by atoms with van der Waals surface area (Å²) in [5.74, 6) is -0.722. The SMILES string of the molecule is O=S(=O)(O)c1c(-c2ccccc2)ccc(OCc2ccc3ccccc3n2)c1C(F)(F)F. The quantitative estimate of drug-likeness (QED) is 0.385. The molecule has 0 bridgehead atoms. The molecule has 0 spiro atoms. The fourth-order valence-electron chi connectivity index (χ4n) is 3.41. The predicted molar refractivity (Wildman–Crippen MR) is 113 cm³/mol. The second-order valence-electron chi connectivity index (χ2n) is 6.94. The largest absolute Gasteiger partial charge is 0.487 e. The normalized spacial score (nSPS) is 12.1. The van der Waals surface area contributed by atoms with Crippen LogP contribution in [0.15, 0.2) is 83.8 Å². The molecule has 1 N–H and O–H groups in total. The van der Waals surface area contributed by atoms with Crippen molar-refractivity contribution in [3.05, 3.63) is 90.1 Å². The third kappa shape index (κ3) is 4.44. The number of para-hydroxylation sites is 1. The molecule has 0 unspecified atom stereocenters. The molecule has 0 radical (unpaired) electrons. The van der Waals surface area contributed by atoms with Gasteiger partial charge in [0.15, 0.2) is 0 Å². The first-order valence-corrected chi connectivity index (χ1v) is 10.8. The van der Waals surface area contributed by atoms with E-state index in [-0.39, 0.29) is 17.7 Å². The summed E-state index contributed by atoms with van der Waals surface area (Å²) in [6.45, 7) is -0.330. The molecular formula is C23H16F3NO4S. The molecule has 0 amide bonds. The fourth-order valence-corrected chi connectivity index (χ4v) is 4.34. The van der Waals surface area contributed by atoms with Crippen LogP contribution < -0.4 is 4.74 Å². The third-order valence-electron chi connectivity index (χ3n) is 4.78. The van der Waals surface area contributed by atoms with E-state index in [1.807, 2.05) is 12.1 Å². The van der Waals surface area contributed by atoms with Crippen LogP contribution in [0.5, 0.6) is 5.75 Å². The van der Waals surface area contributed by atoms with E-state index < -0.39 is 32.5 Å². The summed E-state index contributed by atoms with van der Waals surface area (Å²) in [5, 5.41) is 0.855. The lowest BCUT2D eigenvalue weighted by atomic mass is 10.0. The van der Waals surface area contributed by atoms with Crippen molar-refractivity contribution in [2.24, 2.45) is 0 Å². The van der Waals surface area contributed by atoms with Crippen LogP contribution in [0.4, 0.5) is 13.2 Å². The Morgan fingerprint density at radius 1 is 0.875 bits per heavy atom. The molecule has 0 atom stereocenters. The molecule has 0 aliphatic rings. The first kappa shape index (κ1) is 21.8. The van der Waals surface area contributed by atoms with Crippen LogP contribution >= 0.6 is 0 Å². The molecule has 4 rings (SSSR count). The number of rotatable bonds is 5. The van der Waals surface area contributed by atoms with Crippen molar-refractivity contribution >= 4 is 21.0 Å². The average Bonchev–Trinajstić information content (AvgIpc) is 2.76. The van der Waals surface area contributed by atoms with E-state index in [0.717, 1.165) is 11.5 Å². The Hall–Kier alpha value is -3.43. The van der Waals surface area contributed by atoms with Gasteiger partial charge in [-0.25, -0.2) is 4.98 Å². The van der Waals surface area contributed by atoms with E-state index >= 15 is 0 Å². The van der Waals surface area contributed by atoms with Crippen molar-refractivity contribution in [1.82, 2.24) is 4.98 Å². The summed E-state index contributed by atoms with van der Waals surface area (Å²) in [5.41, 5.74) is -0.646. The van der Waals surface area contributed by atoms with Gasteiger partial charge in [-0.2, -0.15) is 21.6 Å². The lowest BCUT2D eigenvalue weighted by molar-refractivity contribution is -0.141. The van der Waals surface area contributed by atoms with Gasteiger partial charge in [-0.15, -0.1) is 0 Å². The second-order valence-corrected chi connectivity index (χ2v) is 8.30. The lowest BCUT2D eigenvalue weighted by Crippen LogP contribution is -2.16. The lowest BCUT2D eigenvalue weighted by Gasteiger charge is -2.19. The predicted octanol–water partition coefficient (Wildman–Crippen LogP) is 5.75. The molecule has 1 heterocycles. The van der Waals surface area contributed by atoms with Gasteiger partial charge in [-0.1, -0.05) is 54.6 Å². The standard InChI is InChI=1S/C23H16F3NO4S/c24-23(25,26)21-20(31-14-17-11-10-16-8-4-5-9-19(16)27-17)13-12-18(22(21)32(28,29)30)15-6-2-1-3-7-15/h1-13H,14H2,(H,28,29,30). The molecule has 9 heteroatoms. The van der Waals surface area contributed by atoms with Gasteiger partial charge >= 0.3 is 6.18 Å². The molecule has 0 aliphatic carbocycles. The van der Waals surface area contributed by atoms with Crippen molar-refractivity contribution in [1.29, 1.82) is 0 Å². The molecule has 164 valence electrons. The highest BCUT2D eigenvalue weighted by Gasteiger charge is 2.42. The van der Waals surface area contributed by atoms with Crippen LogP contribution in [0.1, 0.15) is 11.3 Å². The zero-order valence-electron chi connectivity index (χ0n) is 16.4. The summed E-state index contributed by atoms with van der Waals surface area (Å²) in [7, 11) is -5.25. The molecular weight excluding hydrogens is 443 g/mol. The highest BCUT2D eigenvalue weighted by molar-refractivity contribution is 7.86. The Morgan fingerprint density at radius 3 is 2.25 bits per heavy atom. The molecule has 1 aromatic heterocycles. The van der Waals surface area contributed by atoms with Gasteiger partial charge in [-0.05, 0) is 29.8 Å². The number of halogens is 3.